The largest absolute Gasteiger partial charge is 0.379 e. The van der Waals surface area contributed by atoms with Crippen molar-refractivity contribution in [3.63, 3.8) is 0 Å². The minimum absolute atomic E-state index is 0.778. The molecule has 16 heavy (non-hydrogen) atoms. The van der Waals surface area contributed by atoms with E-state index in [1.54, 1.807) is 0 Å². The van der Waals surface area contributed by atoms with Gasteiger partial charge in [-0.05, 0) is 19.7 Å². The molecule has 0 bridgehead atoms. The molecule has 0 aromatic heterocycles. The van der Waals surface area contributed by atoms with E-state index in [0.29, 0.717) is 0 Å². The Hall–Kier alpha value is -0.900. The predicted octanol–water partition coefficient (Wildman–Crippen LogP) is 1.35. The quantitative estimate of drug-likeness (QED) is 0.672. The molecule has 0 heterocycles. The molecule has 0 aliphatic heterocycles. The lowest BCUT2D eigenvalue weighted by Crippen LogP contribution is -2.22. The molecule has 1 rings (SSSR count). The van der Waals surface area contributed by atoms with Crippen molar-refractivity contribution >= 4 is 0 Å². The molecule has 0 fully saturated rings. The summed E-state index contributed by atoms with van der Waals surface area (Å²) in [4.78, 5) is 2.12. The van der Waals surface area contributed by atoms with E-state index < -0.39 is 0 Å². The molecule has 1 aromatic carbocycles. The van der Waals surface area contributed by atoms with E-state index in [1.807, 2.05) is 6.07 Å². The van der Waals surface area contributed by atoms with Crippen molar-refractivity contribution in [3.8, 4) is 0 Å². The molecule has 0 saturated heterocycles. The van der Waals surface area contributed by atoms with Gasteiger partial charge >= 0.3 is 0 Å². The van der Waals surface area contributed by atoms with Crippen LogP contribution in [0.5, 0.6) is 0 Å². The standard InChI is InChI=1S/C13H22N2O/c1-15(2)9-11-16-10-8-14-12-13-6-4-3-5-7-13/h3-7,14H,8-12H2,1-2H3. The molecule has 0 radical (unpaired) electrons. The molecule has 3 heteroatoms. The van der Waals surface area contributed by atoms with Gasteiger partial charge in [0.05, 0.1) is 13.2 Å². The van der Waals surface area contributed by atoms with Gasteiger partial charge in [0, 0.05) is 19.6 Å². The molecule has 0 spiro atoms. The summed E-state index contributed by atoms with van der Waals surface area (Å²) in [6, 6.07) is 10.4. The minimum Gasteiger partial charge on any atom is -0.379 e. The van der Waals surface area contributed by atoms with Crippen LogP contribution in [0.25, 0.3) is 0 Å². The van der Waals surface area contributed by atoms with Crippen LogP contribution in [0.2, 0.25) is 0 Å². The van der Waals surface area contributed by atoms with Gasteiger partial charge in [-0.1, -0.05) is 30.3 Å². The Balaban J connectivity index is 1.93. The van der Waals surface area contributed by atoms with Crippen molar-refractivity contribution in [1.82, 2.24) is 10.2 Å². The van der Waals surface area contributed by atoms with Crippen molar-refractivity contribution in [1.29, 1.82) is 0 Å². The first-order valence-corrected chi connectivity index (χ1v) is 5.76. The third kappa shape index (κ3) is 6.56. The smallest absolute Gasteiger partial charge is 0.0593 e. The van der Waals surface area contributed by atoms with E-state index in [1.165, 1.54) is 5.56 Å². The normalized spacial score (nSPS) is 10.9. The molecule has 1 N–H and O–H groups in total. The van der Waals surface area contributed by atoms with Crippen molar-refractivity contribution in [2.24, 2.45) is 0 Å². The van der Waals surface area contributed by atoms with Crippen LogP contribution >= 0.6 is 0 Å². The summed E-state index contributed by atoms with van der Waals surface area (Å²) in [7, 11) is 4.11. The van der Waals surface area contributed by atoms with Crippen LogP contribution in [0.3, 0.4) is 0 Å². The number of nitrogens with zero attached hydrogens (tertiary/aromatic N) is 1. The Morgan fingerprint density at radius 2 is 1.88 bits per heavy atom. The van der Waals surface area contributed by atoms with Gasteiger partial charge in [-0.15, -0.1) is 0 Å². The summed E-state index contributed by atoms with van der Waals surface area (Å²) in [5.41, 5.74) is 1.32. The average molecular weight is 222 g/mol. The number of hydrogen-bond acceptors (Lipinski definition) is 3. The Kier molecular flexibility index (Phi) is 6.81. The second-order valence-electron chi connectivity index (χ2n) is 4.08. The van der Waals surface area contributed by atoms with Crippen LogP contribution in [0.1, 0.15) is 5.56 Å². The van der Waals surface area contributed by atoms with Crippen LogP contribution < -0.4 is 5.32 Å². The number of hydrogen-bond donors (Lipinski definition) is 1. The fourth-order valence-corrected chi connectivity index (χ4v) is 1.32. The van der Waals surface area contributed by atoms with Crippen LogP contribution in [-0.4, -0.2) is 45.3 Å². The van der Waals surface area contributed by atoms with Crippen molar-refractivity contribution in [3.05, 3.63) is 35.9 Å². The van der Waals surface area contributed by atoms with E-state index >= 15 is 0 Å². The highest BCUT2D eigenvalue weighted by Gasteiger charge is 1.92. The second kappa shape index (κ2) is 8.28. The maximum Gasteiger partial charge on any atom is 0.0593 e. The fraction of sp³-hybridized carbons (Fsp3) is 0.538. The number of likely N-dealkylation sites (N-methyl/N-ethyl adjacent to an activating group) is 1. The lowest BCUT2D eigenvalue weighted by molar-refractivity contribution is 0.119. The molecular formula is C13H22N2O. The molecule has 0 amide bonds. The molecule has 0 aliphatic rings. The van der Waals surface area contributed by atoms with Gasteiger partial charge in [-0.2, -0.15) is 0 Å². The highest BCUT2D eigenvalue weighted by Crippen LogP contribution is 1.96. The van der Waals surface area contributed by atoms with Gasteiger partial charge in [0.15, 0.2) is 0 Å². The van der Waals surface area contributed by atoms with Gasteiger partial charge in [-0.25, -0.2) is 0 Å². The van der Waals surface area contributed by atoms with Gasteiger partial charge in [-0.3, -0.25) is 0 Å². The van der Waals surface area contributed by atoms with Gasteiger partial charge < -0.3 is 15.0 Å². The van der Waals surface area contributed by atoms with Crippen molar-refractivity contribution < 1.29 is 4.74 Å². The third-order valence-electron chi connectivity index (χ3n) is 2.28. The Labute approximate surface area is 98.4 Å². The summed E-state index contributed by atoms with van der Waals surface area (Å²) in [6.45, 7) is 4.39. The van der Waals surface area contributed by atoms with Crippen LogP contribution in [-0.2, 0) is 11.3 Å². The van der Waals surface area contributed by atoms with E-state index in [9.17, 15) is 0 Å². The first-order valence-electron chi connectivity index (χ1n) is 5.76. The number of nitrogens with one attached hydrogen (secondary N) is 1. The van der Waals surface area contributed by atoms with Gasteiger partial charge in [0.1, 0.15) is 0 Å². The van der Waals surface area contributed by atoms with E-state index in [4.69, 9.17) is 4.74 Å². The maximum atomic E-state index is 5.48. The summed E-state index contributed by atoms with van der Waals surface area (Å²) in [5.74, 6) is 0. The summed E-state index contributed by atoms with van der Waals surface area (Å²) in [5, 5.41) is 3.35. The van der Waals surface area contributed by atoms with E-state index in [2.05, 4.69) is 48.6 Å². The first kappa shape index (κ1) is 13.2. The molecule has 90 valence electrons. The lowest BCUT2D eigenvalue weighted by atomic mass is 10.2. The zero-order chi connectivity index (χ0) is 11.6. The molecule has 1 aromatic rings. The zero-order valence-electron chi connectivity index (χ0n) is 10.3. The monoisotopic (exact) mass is 222 g/mol. The van der Waals surface area contributed by atoms with Crippen LogP contribution in [0.4, 0.5) is 0 Å². The number of benzene rings is 1. The highest BCUT2D eigenvalue weighted by atomic mass is 16.5. The number of ether oxygens (including phenoxy) is 1. The van der Waals surface area contributed by atoms with E-state index in [-0.39, 0.29) is 0 Å². The molecular weight excluding hydrogens is 200 g/mol. The molecule has 3 nitrogen and oxygen atoms in total. The Bertz CT molecular complexity index is 262. The number of rotatable bonds is 8. The van der Waals surface area contributed by atoms with Gasteiger partial charge in [0.2, 0.25) is 0 Å². The molecule has 0 unspecified atom stereocenters. The van der Waals surface area contributed by atoms with Crippen LogP contribution in [0, 0.1) is 0 Å². The van der Waals surface area contributed by atoms with E-state index in [0.717, 1.165) is 32.8 Å². The van der Waals surface area contributed by atoms with Crippen molar-refractivity contribution in [2.75, 3.05) is 40.4 Å². The summed E-state index contributed by atoms with van der Waals surface area (Å²) < 4.78 is 5.48. The minimum atomic E-state index is 0.778. The average Bonchev–Trinajstić information content (AvgIpc) is 2.29. The summed E-state index contributed by atoms with van der Waals surface area (Å²) >= 11 is 0. The third-order valence-corrected chi connectivity index (χ3v) is 2.28. The fourth-order valence-electron chi connectivity index (χ4n) is 1.32. The molecule has 0 aliphatic carbocycles. The topological polar surface area (TPSA) is 24.5 Å². The predicted molar refractivity (Wildman–Crippen MR) is 67.5 cm³/mol. The van der Waals surface area contributed by atoms with Crippen molar-refractivity contribution in [2.45, 2.75) is 6.54 Å². The lowest BCUT2D eigenvalue weighted by Gasteiger charge is -2.10. The molecule has 0 saturated carbocycles. The Morgan fingerprint density at radius 1 is 1.12 bits per heavy atom. The van der Waals surface area contributed by atoms with Gasteiger partial charge in [0.25, 0.3) is 0 Å². The SMILES string of the molecule is CN(C)CCOCCNCc1ccccc1. The summed E-state index contributed by atoms with van der Waals surface area (Å²) in [6.07, 6.45) is 0. The highest BCUT2D eigenvalue weighted by molar-refractivity contribution is 5.14. The maximum absolute atomic E-state index is 5.48. The molecule has 0 atom stereocenters. The zero-order valence-corrected chi connectivity index (χ0v) is 10.3. The Morgan fingerprint density at radius 3 is 2.56 bits per heavy atom. The first-order chi connectivity index (χ1) is 7.79. The second-order valence-corrected chi connectivity index (χ2v) is 4.08. The van der Waals surface area contributed by atoms with Crippen LogP contribution in [0.15, 0.2) is 30.3 Å².